The van der Waals surface area contributed by atoms with Gasteiger partial charge in [-0.2, -0.15) is 0 Å². The average Bonchev–Trinajstić information content (AvgIpc) is 2.84. The van der Waals surface area contributed by atoms with Gasteiger partial charge in [0.15, 0.2) is 0 Å². The maximum atomic E-state index is 12.1. The van der Waals surface area contributed by atoms with E-state index >= 15 is 0 Å². The van der Waals surface area contributed by atoms with E-state index in [9.17, 15) is 13.2 Å². The molecule has 0 saturated carbocycles. The lowest BCUT2D eigenvalue weighted by Gasteiger charge is -2.07. The predicted octanol–water partition coefficient (Wildman–Crippen LogP) is 1.20. The van der Waals surface area contributed by atoms with E-state index in [1.807, 2.05) is 6.92 Å². The van der Waals surface area contributed by atoms with Gasteiger partial charge < -0.3 is 10.3 Å². The number of aryl methyl sites for hydroxylation is 1. The molecule has 0 radical (unpaired) electrons. The lowest BCUT2D eigenvalue weighted by atomic mass is 10.3. The molecule has 7 nitrogen and oxygen atoms in total. The summed E-state index contributed by atoms with van der Waals surface area (Å²) in [6, 6.07) is 6.00. The van der Waals surface area contributed by atoms with Gasteiger partial charge in [0.05, 0.1) is 4.90 Å². The largest absolute Gasteiger partial charge is 0.346 e. The number of hydrogen-bond acceptors (Lipinski definition) is 4. The Morgan fingerprint density at radius 3 is 2.50 bits per heavy atom. The minimum absolute atomic E-state index is 0.155. The number of imidazole rings is 1. The molecule has 0 bridgehead atoms. The average molecular weight is 322 g/mol. The predicted molar refractivity (Wildman–Crippen MR) is 83.0 cm³/mol. The maximum absolute atomic E-state index is 12.1. The van der Waals surface area contributed by atoms with Crippen LogP contribution in [0.1, 0.15) is 18.4 Å². The lowest BCUT2D eigenvalue weighted by molar-refractivity contribution is -0.114. The molecular weight excluding hydrogens is 304 g/mol. The van der Waals surface area contributed by atoms with Crippen molar-refractivity contribution >= 4 is 21.6 Å². The number of H-pyrrole nitrogens is 1. The first kappa shape index (κ1) is 16.2. The third kappa shape index (κ3) is 4.40. The number of anilines is 1. The molecule has 2 aromatic rings. The first-order valence-corrected chi connectivity index (χ1v) is 8.23. The van der Waals surface area contributed by atoms with Crippen LogP contribution in [0.15, 0.2) is 35.4 Å². The Morgan fingerprint density at radius 2 is 1.95 bits per heavy atom. The Kier molecular flexibility index (Phi) is 4.94. The summed E-state index contributed by atoms with van der Waals surface area (Å²) < 4.78 is 26.8. The second-order valence-corrected chi connectivity index (χ2v) is 6.61. The Balaban J connectivity index is 1.96. The molecule has 8 heteroatoms. The molecule has 0 spiro atoms. The van der Waals surface area contributed by atoms with E-state index in [1.165, 1.54) is 19.1 Å². The van der Waals surface area contributed by atoms with E-state index in [0.717, 1.165) is 11.5 Å². The molecule has 3 N–H and O–H groups in total. The highest BCUT2D eigenvalue weighted by atomic mass is 32.2. The Bertz CT molecular complexity index is 751. The number of nitrogens with zero attached hydrogens (tertiary/aromatic N) is 1. The van der Waals surface area contributed by atoms with Crippen molar-refractivity contribution in [2.24, 2.45) is 0 Å². The number of sulfonamides is 1. The number of hydrogen-bond donors (Lipinski definition) is 3. The van der Waals surface area contributed by atoms with Gasteiger partial charge in [-0.1, -0.05) is 0 Å². The molecular formula is C14H18N4O3S. The van der Waals surface area contributed by atoms with Gasteiger partial charge in [0.25, 0.3) is 0 Å². The summed E-state index contributed by atoms with van der Waals surface area (Å²) in [6.07, 6.45) is 2.22. The van der Waals surface area contributed by atoms with Crippen LogP contribution in [0.5, 0.6) is 0 Å². The summed E-state index contributed by atoms with van der Waals surface area (Å²) in [6.45, 7) is 3.51. The van der Waals surface area contributed by atoms with E-state index in [2.05, 4.69) is 20.0 Å². The van der Waals surface area contributed by atoms with Crippen molar-refractivity contribution in [3.8, 4) is 0 Å². The molecule has 118 valence electrons. The molecule has 0 aliphatic rings. The minimum atomic E-state index is -3.57. The molecule has 1 amide bonds. The van der Waals surface area contributed by atoms with E-state index in [0.29, 0.717) is 12.1 Å². The van der Waals surface area contributed by atoms with E-state index in [1.54, 1.807) is 18.3 Å². The van der Waals surface area contributed by atoms with Crippen LogP contribution < -0.4 is 10.0 Å². The smallest absolute Gasteiger partial charge is 0.240 e. The molecule has 1 heterocycles. The molecule has 0 saturated heterocycles. The van der Waals surface area contributed by atoms with Crippen molar-refractivity contribution in [3.63, 3.8) is 0 Å². The van der Waals surface area contributed by atoms with Crippen molar-refractivity contribution in [1.29, 1.82) is 0 Å². The van der Waals surface area contributed by atoms with Crippen LogP contribution in [-0.4, -0.2) is 30.8 Å². The monoisotopic (exact) mass is 322 g/mol. The highest BCUT2D eigenvalue weighted by Crippen LogP contribution is 2.13. The van der Waals surface area contributed by atoms with Crippen molar-refractivity contribution in [3.05, 3.63) is 42.0 Å². The van der Waals surface area contributed by atoms with Gasteiger partial charge >= 0.3 is 0 Å². The summed E-state index contributed by atoms with van der Waals surface area (Å²) in [4.78, 5) is 18.2. The normalized spacial score (nSPS) is 11.4. The van der Waals surface area contributed by atoms with Crippen molar-refractivity contribution in [1.82, 2.24) is 14.7 Å². The minimum Gasteiger partial charge on any atom is -0.346 e. The third-order valence-corrected chi connectivity index (χ3v) is 4.40. The molecule has 22 heavy (non-hydrogen) atoms. The number of aromatic nitrogens is 2. The molecule has 2 rings (SSSR count). The van der Waals surface area contributed by atoms with E-state index in [4.69, 9.17) is 0 Å². The number of benzene rings is 1. The first-order chi connectivity index (χ1) is 10.4. The van der Waals surface area contributed by atoms with Gasteiger partial charge in [-0.05, 0) is 31.2 Å². The van der Waals surface area contributed by atoms with Gasteiger partial charge in [-0.3, -0.25) is 4.79 Å². The van der Waals surface area contributed by atoms with E-state index in [-0.39, 0.29) is 17.3 Å². The fourth-order valence-electron chi connectivity index (χ4n) is 1.92. The summed E-state index contributed by atoms with van der Waals surface area (Å²) in [7, 11) is -3.57. The van der Waals surface area contributed by atoms with Gasteiger partial charge in [0, 0.05) is 37.5 Å². The summed E-state index contributed by atoms with van der Waals surface area (Å²) in [5.74, 6) is 0.593. The number of carbonyl (C=O) groups excluding carboxylic acids is 1. The van der Waals surface area contributed by atoms with Gasteiger partial charge in [-0.15, -0.1) is 0 Å². The molecule has 0 aliphatic carbocycles. The van der Waals surface area contributed by atoms with Gasteiger partial charge in [-0.25, -0.2) is 18.1 Å². The Labute approximate surface area is 129 Å². The summed E-state index contributed by atoms with van der Waals surface area (Å²) in [5.41, 5.74) is 1.43. The first-order valence-electron chi connectivity index (χ1n) is 6.74. The Hall–Kier alpha value is -2.19. The van der Waals surface area contributed by atoms with Crippen LogP contribution in [0, 0.1) is 6.92 Å². The summed E-state index contributed by atoms with van der Waals surface area (Å²) >= 11 is 0. The highest BCUT2D eigenvalue weighted by Gasteiger charge is 2.13. The molecule has 1 aromatic carbocycles. The van der Waals surface area contributed by atoms with Crippen LogP contribution in [0.25, 0.3) is 0 Å². The molecule has 1 aromatic heterocycles. The fourth-order valence-corrected chi connectivity index (χ4v) is 2.95. The summed E-state index contributed by atoms with van der Waals surface area (Å²) in [5, 5.41) is 2.59. The molecule has 0 fully saturated rings. The van der Waals surface area contributed by atoms with Gasteiger partial charge in [0.2, 0.25) is 15.9 Å². The molecule has 0 aliphatic heterocycles. The van der Waals surface area contributed by atoms with Crippen molar-refractivity contribution in [2.45, 2.75) is 25.2 Å². The zero-order valence-corrected chi connectivity index (χ0v) is 13.2. The number of nitrogens with one attached hydrogen (secondary N) is 3. The topological polar surface area (TPSA) is 104 Å². The van der Waals surface area contributed by atoms with E-state index < -0.39 is 10.0 Å². The SMILES string of the molecule is CC(=O)Nc1ccc(S(=O)(=O)NCCc2cnc(C)[nH]2)cc1. The zero-order valence-electron chi connectivity index (χ0n) is 12.4. The van der Waals surface area contributed by atoms with Gasteiger partial charge in [0.1, 0.15) is 5.82 Å². The number of rotatable bonds is 6. The molecule has 0 unspecified atom stereocenters. The van der Waals surface area contributed by atoms with Crippen LogP contribution >= 0.6 is 0 Å². The number of aromatic amines is 1. The standard InChI is InChI=1S/C14H18N4O3S/c1-10-15-9-13(17-10)7-8-16-22(20,21)14-5-3-12(4-6-14)18-11(2)19/h3-6,9,16H,7-8H2,1-2H3,(H,15,17)(H,18,19). The van der Waals surface area contributed by atoms with Crippen molar-refractivity contribution in [2.75, 3.05) is 11.9 Å². The third-order valence-electron chi connectivity index (χ3n) is 2.93. The highest BCUT2D eigenvalue weighted by molar-refractivity contribution is 7.89. The number of amides is 1. The lowest BCUT2D eigenvalue weighted by Crippen LogP contribution is -2.26. The van der Waals surface area contributed by atoms with Crippen LogP contribution in [-0.2, 0) is 21.2 Å². The van der Waals surface area contributed by atoms with Crippen molar-refractivity contribution < 1.29 is 13.2 Å². The second kappa shape index (κ2) is 6.71. The Morgan fingerprint density at radius 1 is 1.27 bits per heavy atom. The maximum Gasteiger partial charge on any atom is 0.240 e. The zero-order chi connectivity index (χ0) is 16.2. The second-order valence-electron chi connectivity index (χ2n) is 4.85. The van der Waals surface area contributed by atoms with Crippen LogP contribution in [0.4, 0.5) is 5.69 Å². The number of carbonyl (C=O) groups is 1. The van der Waals surface area contributed by atoms with Crippen LogP contribution in [0.2, 0.25) is 0 Å². The quantitative estimate of drug-likeness (QED) is 0.743. The van der Waals surface area contributed by atoms with Crippen LogP contribution in [0.3, 0.4) is 0 Å². The fraction of sp³-hybridized carbons (Fsp3) is 0.286. The molecule has 0 atom stereocenters.